The molecule has 0 bridgehead atoms. The van der Waals surface area contributed by atoms with Crippen LogP contribution in [0.1, 0.15) is 520 Å². The molecule has 22 nitrogen and oxygen atoms in total. The molecule has 0 amide bonds. The number of alkyl halides is 12. The van der Waals surface area contributed by atoms with Crippen LogP contribution in [0.15, 0.2) is 0 Å². The largest absolute Gasteiger partial charge is 0.412 e. The summed E-state index contributed by atoms with van der Waals surface area (Å²) in [5, 5.41) is 0. The number of ether oxygens (including phenoxy) is 16. The Hall–Kier alpha value is -1.72. The monoisotopic (exact) mass is 2210 g/mol. The first kappa shape index (κ1) is 326. The van der Waals surface area contributed by atoms with Crippen LogP contribution < -0.4 is 0 Å². The Morgan fingerprint density at radius 2 is 0.215 bits per heavy atom. The lowest BCUT2D eigenvalue weighted by Crippen LogP contribution is -2.13. The van der Waals surface area contributed by atoms with E-state index in [4.69, 9.17) is 61.6 Å². The molecule has 962 valence electrons. The molecule has 0 saturated carbocycles. The van der Waals surface area contributed by atoms with E-state index in [2.05, 4.69) is 125 Å². The molecular formula is C110H306F12O22. The molecule has 0 aromatic carbocycles. The molecule has 34 heteroatoms. The molecule has 0 saturated heterocycles. The van der Waals surface area contributed by atoms with Gasteiger partial charge in [-0.25, -0.2) is 13.2 Å². The van der Waals surface area contributed by atoms with Crippen molar-refractivity contribution in [3.63, 3.8) is 0 Å². The maximum Gasteiger partial charge on any atom is 0.355 e. The molecule has 0 aromatic heterocycles. The second-order valence-corrected chi connectivity index (χ2v) is 22.1. The van der Waals surface area contributed by atoms with Gasteiger partial charge in [0.25, 0.3) is 0 Å². The van der Waals surface area contributed by atoms with Gasteiger partial charge in [-0.2, -0.15) is 26.3 Å². The lowest BCUT2D eigenvalue weighted by molar-refractivity contribution is -0.242. The summed E-state index contributed by atoms with van der Waals surface area (Å²) in [6, 6.07) is 0. The maximum atomic E-state index is 11.3. The van der Waals surface area contributed by atoms with Crippen molar-refractivity contribution < 1.29 is 161 Å². The van der Waals surface area contributed by atoms with E-state index in [9.17, 15) is 52.7 Å². The zero-order valence-corrected chi connectivity index (χ0v) is 83.6. The first-order valence-electron chi connectivity index (χ1n) is 42.9. The zero-order valence-electron chi connectivity index (χ0n) is 83.6. The topological polar surface area (TPSA) is 337 Å². The van der Waals surface area contributed by atoms with E-state index in [1.807, 2.05) is 69.2 Å². The van der Waals surface area contributed by atoms with Crippen molar-refractivity contribution in [3.05, 3.63) is 0 Å². The smallest absolute Gasteiger partial charge is 0.355 e. The fourth-order valence-corrected chi connectivity index (χ4v) is 5.05. The highest BCUT2D eigenvalue weighted by molar-refractivity contribution is 4.38. The van der Waals surface area contributed by atoms with Crippen LogP contribution in [0.4, 0.5) is 52.7 Å². The number of hydrogen-bond acceptors (Lipinski definition) is 16. The SMILES string of the molecule is C.C.C.C.C.C.C.C.C.C.C.C.C.C.C.C.C.C.C.C.C.C.C.C.CC(F)(F)OCF.CC(F)(F)OCF.CC(F)(F)OCF.CCCCOCCCC.CCCCOCCCC.CCCCOCCCC.CCCOCCC.CCCOCCC.CCCOCCC.CCCOCCC.CCCOCCC.CCOCC.CCOCC.CCOCC.CCOCC.CCOCC.CF.CF.CF.O.O.O.O.O.O. The highest BCUT2D eigenvalue weighted by Crippen LogP contribution is 2.13. The number of unbranched alkanes of at least 4 members (excludes halogenated alkanes) is 6. The van der Waals surface area contributed by atoms with Crippen LogP contribution in [0, 0.1) is 0 Å². The van der Waals surface area contributed by atoms with Crippen molar-refractivity contribution in [1.29, 1.82) is 0 Å². The molecule has 0 unspecified atom stereocenters. The Morgan fingerprint density at radius 1 is 0.139 bits per heavy atom. The van der Waals surface area contributed by atoms with Crippen LogP contribution in [0.5, 0.6) is 0 Å². The Bertz CT molecular complexity index is 994. The molecule has 0 aliphatic rings. The van der Waals surface area contributed by atoms with Gasteiger partial charge in [-0.15, -0.1) is 0 Å². The lowest BCUT2D eigenvalue weighted by Gasteiger charge is -2.05. The van der Waals surface area contributed by atoms with Gasteiger partial charge in [-0.3, -0.25) is 27.4 Å². The summed E-state index contributed by atoms with van der Waals surface area (Å²) in [5.74, 6) is 0. The van der Waals surface area contributed by atoms with E-state index in [0.717, 1.165) is 236 Å². The molecule has 0 spiro atoms. The van der Waals surface area contributed by atoms with Gasteiger partial charge >= 0.3 is 18.3 Å². The molecule has 0 rings (SSSR count). The summed E-state index contributed by atoms with van der Waals surface area (Å²) >= 11 is 0. The summed E-state index contributed by atoms with van der Waals surface area (Å²) in [5.41, 5.74) is 0. The van der Waals surface area contributed by atoms with Gasteiger partial charge in [0.05, 0.1) is 21.5 Å². The quantitative estimate of drug-likeness (QED) is 0.0403. The molecule has 0 atom stereocenters. The summed E-state index contributed by atoms with van der Waals surface area (Å²) in [6.07, 6.45) is 16.1. The second kappa shape index (κ2) is 401. The first-order chi connectivity index (χ1) is 54.6. The minimum absolute atomic E-state index is 0. The molecule has 0 fully saturated rings. The third kappa shape index (κ3) is 801. The predicted octanol–water partition coefficient (Wildman–Crippen LogP) is 38.8. The molecule has 0 radical (unpaired) electrons. The average molecular weight is 2210 g/mol. The maximum absolute atomic E-state index is 11.3. The lowest BCUT2D eigenvalue weighted by atomic mass is 10.3. The van der Waals surface area contributed by atoms with Crippen molar-refractivity contribution >= 4 is 0 Å². The fourth-order valence-electron chi connectivity index (χ4n) is 5.05. The minimum atomic E-state index is -3.32. The Kier molecular flexibility index (Phi) is 909. The highest BCUT2D eigenvalue weighted by Gasteiger charge is 2.21. The summed E-state index contributed by atoms with van der Waals surface area (Å²) in [4.78, 5) is 0. The van der Waals surface area contributed by atoms with Crippen molar-refractivity contribution in [2.75, 3.05) is 214 Å². The van der Waals surface area contributed by atoms with Crippen LogP contribution >= 0.6 is 0 Å². The van der Waals surface area contributed by atoms with Crippen LogP contribution in [0.2, 0.25) is 0 Å². The van der Waals surface area contributed by atoms with Crippen molar-refractivity contribution in [2.45, 2.75) is 539 Å². The number of rotatable bonds is 54. The average Bonchev–Trinajstić information content (AvgIpc) is 1.02. The van der Waals surface area contributed by atoms with Gasteiger partial charge in [0.2, 0.25) is 0 Å². The molecular weight excluding hydrogens is 1900 g/mol. The van der Waals surface area contributed by atoms with Crippen LogP contribution in [-0.4, -0.2) is 265 Å². The summed E-state index contributed by atoms with van der Waals surface area (Å²) < 4.78 is 204. The first-order valence-corrected chi connectivity index (χ1v) is 42.9. The number of hydrogen-bond donors (Lipinski definition) is 0. The number of halogens is 12. The standard InChI is InChI=1S/3C8H18O.5C6H14O.5C4H10O.3C3H5F3O.3CH3F.24CH4.6H2O/c3*1-3-5-7-9-8-6-4-2;5*1-3-5-7-6-4-2;5*1-3-5-4-2;3*1-3(5,6)7-2-4;3*1-2;;;;;;;;;;;;;;;;;;;;;;;;;;;;;;/h3*3-8H2,1-2H3;5*3-6H2,1-2H3;5*3-4H2,1-2H3;3*2H2,1H3;3*1H3;24*1H4;6*1H2. The van der Waals surface area contributed by atoms with Gasteiger partial charge in [-0.05, 0) is 172 Å². The van der Waals surface area contributed by atoms with Crippen molar-refractivity contribution in [1.82, 2.24) is 0 Å². The second-order valence-electron chi connectivity index (χ2n) is 22.1. The molecule has 0 aliphatic heterocycles. The van der Waals surface area contributed by atoms with Crippen LogP contribution in [-0.2, 0) is 75.8 Å². The van der Waals surface area contributed by atoms with Crippen molar-refractivity contribution in [2.24, 2.45) is 0 Å². The third-order valence-electron chi connectivity index (χ3n) is 10.3. The van der Waals surface area contributed by atoms with E-state index in [1.165, 1.54) is 77.0 Å². The van der Waals surface area contributed by atoms with E-state index >= 15 is 0 Å². The van der Waals surface area contributed by atoms with E-state index < -0.39 is 38.9 Å². The van der Waals surface area contributed by atoms with E-state index in [0.29, 0.717) is 42.3 Å². The molecule has 12 N–H and O–H groups in total. The fraction of sp³-hybridized carbons (Fsp3) is 1.00. The van der Waals surface area contributed by atoms with Gasteiger partial charge < -0.3 is 94.4 Å². The van der Waals surface area contributed by atoms with Crippen LogP contribution in [0.3, 0.4) is 0 Å². The molecule has 0 aliphatic carbocycles. The van der Waals surface area contributed by atoms with Gasteiger partial charge in [0.15, 0.2) is 20.6 Å². The van der Waals surface area contributed by atoms with Crippen molar-refractivity contribution in [3.8, 4) is 0 Å². The Labute approximate surface area is 909 Å². The third-order valence-corrected chi connectivity index (χ3v) is 10.3. The molecule has 0 heterocycles. The van der Waals surface area contributed by atoms with Gasteiger partial charge in [-0.1, -0.05) is 328 Å². The predicted molar refractivity (Wildman–Crippen MR) is 647 cm³/mol. The normalized spacial score (nSPS) is 7.50. The highest BCUT2D eigenvalue weighted by atomic mass is 19.3. The summed E-state index contributed by atoms with van der Waals surface area (Å²) in [6.45, 7) is 74.7. The van der Waals surface area contributed by atoms with E-state index in [-0.39, 0.29) is 211 Å². The minimum Gasteiger partial charge on any atom is -0.412 e. The summed E-state index contributed by atoms with van der Waals surface area (Å²) in [7, 11) is 1.50. The molecule has 0 aromatic rings. The Morgan fingerprint density at radius 3 is 0.250 bits per heavy atom. The van der Waals surface area contributed by atoms with E-state index in [1.54, 1.807) is 0 Å². The van der Waals surface area contributed by atoms with Crippen LogP contribution in [0.25, 0.3) is 0 Å². The van der Waals surface area contributed by atoms with Gasteiger partial charge in [0.1, 0.15) is 0 Å². The zero-order chi connectivity index (χ0) is 92.9. The van der Waals surface area contributed by atoms with Gasteiger partial charge in [0, 0.05) is 193 Å². The Balaban J connectivity index is -0.0000000140. The molecule has 144 heavy (non-hydrogen) atoms.